The number of alkyl halides is 3. The van der Waals surface area contributed by atoms with Crippen molar-refractivity contribution in [3.8, 4) is 0 Å². The second kappa shape index (κ2) is 7.88. The first-order chi connectivity index (χ1) is 14.2. The van der Waals surface area contributed by atoms with Crippen LogP contribution in [0.25, 0.3) is 10.9 Å². The second-order valence-corrected chi connectivity index (χ2v) is 7.92. The number of benzene rings is 1. The molecule has 1 aliphatic heterocycles. The number of hydrogen-bond donors (Lipinski definition) is 3. The van der Waals surface area contributed by atoms with E-state index < -0.39 is 17.3 Å². The molecular weight excluding hydrogens is 467 g/mol. The highest BCUT2D eigenvalue weighted by Crippen LogP contribution is 2.35. The zero-order valence-electron chi connectivity index (χ0n) is 15.5. The van der Waals surface area contributed by atoms with E-state index in [1.807, 2.05) is 4.90 Å². The lowest BCUT2D eigenvalue weighted by Gasteiger charge is -2.30. The molecule has 1 aromatic carbocycles. The smallest absolute Gasteiger partial charge is 0.393 e. The fraction of sp³-hybridized carbons (Fsp3) is 0.316. The van der Waals surface area contributed by atoms with Crippen molar-refractivity contribution in [2.75, 3.05) is 23.3 Å². The Hall–Kier alpha value is -2.66. The van der Waals surface area contributed by atoms with Gasteiger partial charge in [0.15, 0.2) is 0 Å². The quantitative estimate of drug-likeness (QED) is 0.524. The van der Waals surface area contributed by atoms with Crippen LogP contribution in [0.1, 0.15) is 18.4 Å². The number of piperidine rings is 1. The molecule has 3 aromatic rings. The zero-order chi connectivity index (χ0) is 21.5. The SMILES string of the molecule is O=c1[nH]ccc2nc(N3CCC(O)CC3)nc(Nc3cc(Br)cc(C(F)(F)F)c3)c12. The topological polar surface area (TPSA) is 94.1 Å². The molecule has 0 saturated carbocycles. The summed E-state index contributed by atoms with van der Waals surface area (Å²) in [6, 6.07) is 5.00. The van der Waals surface area contributed by atoms with Crippen LogP contribution < -0.4 is 15.8 Å². The van der Waals surface area contributed by atoms with Crippen molar-refractivity contribution in [2.45, 2.75) is 25.1 Å². The monoisotopic (exact) mass is 483 g/mol. The summed E-state index contributed by atoms with van der Waals surface area (Å²) in [6.07, 6.45) is -2.35. The third kappa shape index (κ3) is 4.26. The largest absolute Gasteiger partial charge is 0.416 e. The fourth-order valence-corrected chi connectivity index (χ4v) is 3.83. The number of nitrogens with one attached hydrogen (secondary N) is 2. The van der Waals surface area contributed by atoms with E-state index in [1.165, 1.54) is 12.3 Å². The van der Waals surface area contributed by atoms with E-state index >= 15 is 0 Å². The number of rotatable bonds is 3. The number of aliphatic hydroxyl groups is 1. The minimum atomic E-state index is -4.52. The van der Waals surface area contributed by atoms with Gasteiger partial charge in [-0.25, -0.2) is 4.98 Å². The van der Waals surface area contributed by atoms with Gasteiger partial charge in [-0.1, -0.05) is 15.9 Å². The molecule has 0 bridgehead atoms. The van der Waals surface area contributed by atoms with Gasteiger partial charge >= 0.3 is 6.18 Å². The Morgan fingerprint density at radius 3 is 2.63 bits per heavy atom. The van der Waals surface area contributed by atoms with E-state index in [4.69, 9.17) is 0 Å². The minimum absolute atomic E-state index is 0.106. The molecule has 0 radical (unpaired) electrons. The number of halogens is 4. The minimum Gasteiger partial charge on any atom is -0.393 e. The molecular formula is C19H17BrF3N5O2. The first-order valence-corrected chi connectivity index (χ1v) is 9.97. The number of H-pyrrole nitrogens is 1. The summed E-state index contributed by atoms with van der Waals surface area (Å²) >= 11 is 3.09. The van der Waals surface area contributed by atoms with Crippen LogP contribution in [0.4, 0.5) is 30.6 Å². The van der Waals surface area contributed by atoms with Gasteiger partial charge in [-0.05, 0) is 37.1 Å². The van der Waals surface area contributed by atoms with Crippen molar-refractivity contribution >= 4 is 44.3 Å². The van der Waals surface area contributed by atoms with Crippen LogP contribution in [0.5, 0.6) is 0 Å². The van der Waals surface area contributed by atoms with Crippen molar-refractivity contribution in [3.63, 3.8) is 0 Å². The van der Waals surface area contributed by atoms with E-state index in [1.54, 1.807) is 6.07 Å². The summed E-state index contributed by atoms with van der Waals surface area (Å²) in [5.41, 5.74) is -0.804. The summed E-state index contributed by atoms with van der Waals surface area (Å²) in [5, 5.41) is 12.7. The molecule has 1 aliphatic rings. The van der Waals surface area contributed by atoms with Crippen LogP contribution in [0.3, 0.4) is 0 Å². The molecule has 7 nitrogen and oxygen atoms in total. The Kier molecular flexibility index (Phi) is 5.41. The third-order valence-corrected chi connectivity index (χ3v) is 5.30. The van der Waals surface area contributed by atoms with E-state index in [0.29, 0.717) is 37.4 Å². The van der Waals surface area contributed by atoms with Crippen LogP contribution >= 0.6 is 15.9 Å². The maximum absolute atomic E-state index is 13.2. The maximum atomic E-state index is 13.2. The van der Waals surface area contributed by atoms with Crippen LogP contribution in [-0.4, -0.2) is 39.3 Å². The number of anilines is 3. The molecule has 30 heavy (non-hydrogen) atoms. The molecule has 0 amide bonds. The average Bonchev–Trinajstić information content (AvgIpc) is 2.67. The van der Waals surface area contributed by atoms with Gasteiger partial charge in [0.2, 0.25) is 5.95 Å². The molecule has 4 rings (SSSR count). The number of hydrogen-bond acceptors (Lipinski definition) is 6. The Balaban J connectivity index is 1.80. The van der Waals surface area contributed by atoms with Gasteiger partial charge in [0.1, 0.15) is 11.2 Å². The summed E-state index contributed by atoms with van der Waals surface area (Å²) in [7, 11) is 0. The number of fused-ring (bicyclic) bond motifs is 1. The van der Waals surface area contributed by atoms with Gasteiger partial charge in [-0.3, -0.25) is 4.79 Å². The van der Waals surface area contributed by atoms with Crippen molar-refractivity contribution < 1.29 is 18.3 Å². The molecule has 0 unspecified atom stereocenters. The van der Waals surface area contributed by atoms with E-state index in [0.717, 1.165) is 12.1 Å². The molecule has 158 valence electrons. The molecule has 0 aliphatic carbocycles. The van der Waals surface area contributed by atoms with E-state index in [2.05, 4.69) is 36.2 Å². The van der Waals surface area contributed by atoms with Gasteiger partial charge in [0.25, 0.3) is 5.56 Å². The lowest BCUT2D eigenvalue weighted by atomic mass is 10.1. The summed E-state index contributed by atoms with van der Waals surface area (Å²) in [6.45, 7) is 1.06. The van der Waals surface area contributed by atoms with Gasteiger partial charge < -0.3 is 20.3 Å². The maximum Gasteiger partial charge on any atom is 0.416 e. The number of nitrogens with zero attached hydrogens (tertiary/aromatic N) is 3. The predicted octanol–water partition coefficient (Wildman–Crippen LogP) is 3.80. The predicted molar refractivity (Wildman–Crippen MR) is 110 cm³/mol. The molecule has 3 heterocycles. The Labute approximate surface area is 177 Å². The van der Waals surface area contributed by atoms with Gasteiger partial charge in [0.05, 0.1) is 17.2 Å². The number of aliphatic hydroxyl groups excluding tert-OH is 1. The highest BCUT2D eigenvalue weighted by molar-refractivity contribution is 9.10. The first kappa shape index (κ1) is 20.6. The summed E-state index contributed by atoms with van der Waals surface area (Å²) in [5.74, 6) is 0.447. The highest BCUT2D eigenvalue weighted by atomic mass is 79.9. The van der Waals surface area contributed by atoms with Crippen molar-refractivity contribution in [1.29, 1.82) is 0 Å². The summed E-state index contributed by atoms with van der Waals surface area (Å²) in [4.78, 5) is 25.7. The molecule has 1 saturated heterocycles. The number of pyridine rings is 1. The Morgan fingerprint density at radius 2 is 1.93 bits per heavy atom. The Morgan fingerprint density at radius 1 is 1.20 bits per heavy atom. The van der Waals surface area contributed by atoms with Crippen LogP contribution in [0.15, 0.2) is 39.7 Å². The van der Waals surface area contributed by atoms with E-state index in [-0.39, 0.29) is 27.5 Å². The van der Waals surface area contributed by atoms with Gasteiger partial charge in [-0.15, -0.1) is 0 Å². The van der Waals surface area contributed by atoms with Gasteiger partial charge in [-0.2, -0.15) is 18.2 Å². The molecule has 2 aromatic heterocycles. The number of aromatic amines is 1. The first-order valence-electron chi connectivity index (χ1n) is 9.18. The van der Waals surface area contributed by atoms with Crippen LogP contribution in [-0.2, 0) is 6.18 Å². The van der Waals surface area contributed by atoms with Crippen LogP contribution in [0, 0.1) is 0 Å². The molecule has 0 spiro atoms. The lowest BCUT2D eigenvalue weighted by molar-refractivity contribution is -0.137. The zero-order valence-corrected chi connectivity index (χ0v) is 17.1. The lowest BCUT2D eigenvalue weighted by Crippen LogP contribution is -2.37. The van der Waals surface area contributed by atoms with Crippen molar-refractivity contribution in [2.24, 2.45) is 0 Å². The second-order valence-electron chi connectivity index (χ2n) is 7.01. The van der Waals surface area contributed by atoms with Crippen LogP contribution in [0.2, 0.25) is 0 Å². The highest BCUT2D eigenvalue weighted by Gasteiger charge is 2.31. The normalized spacial score (nSPS) is 15.6. The average molecular weight is 484 g/mol. The standard InChI is InChI=1S/C19H17BrF3N5O2/c20-11-7-10(19(21,22)23)8-12(9-11)25-16-15-14(1-4-24-17(15)30)26-18(27-16)28-5-2-13(29)3-6-28/h1,4,7-9,13,29H,2-3,5-6H2,(H,24,30)(H,25,26,27). The molecule has 1 fully saturated rings. The van der Waals surface area contributed by atoms with E-state index in [9.17, 15) is 23.1 Å². The number of aromatic nitrogens is 3. The summed E-state index contributed by atoms with van der Waals surface area (Å²) < 4.78 is 39.8. The Bertz CT molecular complexity index is 1140. The fourth-order valence-electron chi connectivity index (χ4n) is 3.34. The third-order valence-electron chi connectivity index (χ3n) is 4.84. The molecule has 0 atom stereocenters. The van der Waals surface area contributed by atoms with Gasteiger partial charge in [0, 0.05) is 29.4 Å². The van der Waals surface area contributed by atoms with Crippen molar-refractivity contribution in [3.05, 3.63) is 50.9 Å². The molecule has 3 N–H and O–H groups in total. The molecule has 11 heteroatoms. The van der Waals surface area contributed by atoms with Crippen molar-refractivity contribution in [1.82, 2.24) is 15.0 Å².